The number of benzene rings is 3. The van der Waals surface area contributed by atoms with Gasteiger partial charge < -0.3 is 10.6 Å². The van der Waals surface area contributed by atoms with Crippen molar-refractivity contribution in [3.8, 4) is 0 Å². The van der Waals surface area contributed by atoms with Gasteiger partial charge in [0.05, 0.1) is 5.69 Å². The topological polar surface area (TPSA) is 41.6 Å². The summed E-state index contributed by atoms with van der Waals surface area (Å²) in [6, 6.07) is 26.8. The van der Waals surface area contributed by atoms with E-state index in [4.69, 9.17) is 10.7 Å². The molecule has 4 rings (SSSR count). The Balaban J connectivity index is 1.49. The van der Waals surface area contributed by atoms with E-state index in [2.05, 4.69) is 53.4 Å². The van der Waals surface area contributed by atoms with Gasteiger partial charge in [0.25, 0.3) is 0 Å². The average molecular weight is 378 g/mol. The minimum absolute atomic E-state index is 0.789. The van der Waals surface area contributed by atoms with E-state index in [1.807, 2.05) is 42.1 Å². The zero-order valence-corrected chi connectivity index (χ0v) is 15.8. The predicted octanol–water partition coefficient (Wildman–Crippen LogP) is 5.66. The van der Waals surface area contributed by atoms with Crippen molar-refractivity contribution in [2.75, 3.05) is 22.9 Å². The van der Waals surface area contributed by atoms with E-state index < -0.39 is 0 Å². The molecule has 0 radical (unpaired) electrons. The maximum absolute atomic E-state index is 5.74. The van der Waals surface area contributed by atoms with E-state index in [-0.39, 0.29) is 0 Å². The largest absolute Gasteiger partial charge is 0.399 e. The van der Waals surface area contributed by atoms with Crippen LogP contribution in [0.2, 0.25) is 0 Å². The van der Waals surface area contributed by atoms with Crippen molar-refractivity contribution in [1.29, 1.82) is 0 Å². The normalized spacial score (nSPS) is 15.5. The summed E-state index contributed by atoms with van der Waals surface area (Å²) >= 11 is 3.53. The molecule has 0 spiro atoms. The van der Waals surface area contributed by atoms with Gasteiger partial charge in [0, 0.05) is 33.5 Å². The number of rotatable bonds is 4. The summed E-state index contributed by atoms with van der Waals surface area (Å²) in [5, 5.41) is 1.06. The van der Waals surface area contributed by atoms with Crippen molar-refractivity contribution in [3.05, 3.63) is 78.9 Å². The van der Waals surface area contributed by atoms with Crippen LogP contribution >= 0.6 is 23.5 Å². The van der Waals surface area contributed by atoms with Gasteiger partial charge in [-0.25, -0.2) is 4.99 Å². The van der Waals surface area contributed by atoms with Crippen LogP contribution in [0.4, 0.5) is 17.1 Å². The lowest BCUT2D eigenvalue weighted by molar-refractivity contribution is 1.10. The van der Waals surface area contributed by atoms with Crippen molar-refractivity contribution < 1.29 is 0 Å². The molecule has 1 fully saturated rings. The Labute approximate surface area is 162 Å². The minimum atomic E-state index is 0.789. The van der Waals surface area contributed by atoms with Gasteiger partial charge in [-0.1, -0.05) is 41.7 Å². The molecular weight excluding hydrogens is 358 g/mol. The third-order valence-corrected chi connectivity index (χ3v) is 5.99. The number of anilines is 2. The molecule has 0 unspecified atom stereocenters. The van der Waals surface area contributed by atoms with Gasteiger partial charge in [0.2, 0.25) is 0 Å². The molecule has 1 saturated heterocycles. The second-order valence-corrected chi connectivity index (χ2v) is 8.10. The molecule has 5 heteroatoms. The average Bonchev–Trinajstić information content (AvgIpc) is 3.14. The lowest BCUT2D eigenvalue weighted by atomic mass is 10.3. The summed E-state index contributed by atoms with van der Waals surface area (Å²) in [6.07, 6.45) is 0. The molecule has 2 N–H and O–H groups in total. The third-order valence-electron chi connectivity index (χ3n) is 4.02. The van der Waals surface area contributed by atoms with E-state index in [1.54, 1.807) is 11.8 Å². The number of hydrogen-bond acceptors (Lipinski definition) is 4. The number of thioether (sulfide) groups is 1. The Morgan fingerprint density at radius 2 is 1.50 bits per heavy atom. The highest BCUT2D eigenvalue weighted by molar-refractivity contribution is 8.14. The molecule has 26 heavy (non-hydrogen) atoms. The Morgan fingerprint density at radius 1 is 0.846 bits per heavy atom. The highest BCUT2D eigenvalue weighted by atomic mass is 32.2. The maximum Gasteiger partial charge on any atom is 0.168 e. The minimum Gasteiger partial charge on any atom is -0.399 e. The number of nitrogens with zero attached hydrogens (tertiary/aromatic N) is 2. The summed E-state index contributed by atoms with van der Waals surface area (Å²) in [7, 11) is 0. The SMILES string of the molecule is Nc1ccc(Sc2ccc(/N=C3\SCCN3c3ccccc3)cc2)cc1. The first-order valence-corrected chi connectivity index (χ1v) is 10.3. The van der Waals surface area contributed by atoms with Crippen LogP contribution in [0.5, 0.6) is 0 Å². The first kappa shape index (κ1) is 17.1. The van der Waals surface area contributed by atoms with Crippen LogP contribution in [0, 0.1) is 0 Å². The highest BCUT2D eigenvalue weighted by Gasteiger charge is 2.20. The number of nitrogens with two attached hydrogens (primary N) is 1. The molecule has 3 nitrogen and oxygen atoms in total. The molecule has 0 atom stereocenters. The smallest absolute Gasteiger partial charge is 0.168 e. The third kappa shape index (κ3) is 4.06. The number of amidine groups is 1. The lowest BCUT2D eigenvalue weighted by Crippen LogP contribution is -2.23. The number of para-hydroxylation sites is 1. The molecule has 1 aliphatic heterocycles. The Morgan fingerprint density at radius 3 is 2.19 bits per heavy atom. The molecular formula is C21H19N3S2. The van der Waals surface area contributed by atoms with E-state index in [0.29, 0.717) is 0 Å². The van der Waals surface area contributed by atoms with Gasteiger partial charge in [0.15, 0.2) is 5.17 Å². The first-order chi connectivity index (χ1) is 12.8. The zero-order valence-electron chi connectivity index (χ0n) is 14.2. The monoisotopic (exact) mass is 377 g/mol. The van der Waals surface area contributed by atoms with E-state index in [1.165, 1.54) is 15.5 Å². The molecule has 0 saturated carbocycles. The fraction of sp³-hybridized carbons (Fsp3) is 0.0952. The first-order valence-electron chi connectivity index (χ1n) is 8.45. The fourth-order valence-corrected chi connectivity index (χ4v) is 4.51. The Hall–Kier alpha value is -2.37. The molecule has 0 bridgehead atoms. The van der Waals surface area contributed by atoms with Gasteiger partial charge in [-0.15, -0.1) is 0 Å². The van der Waals surface area contributed by atoms with Crippen molar-refractivity contribution in [2.24, 2.45) is 4.99 Å². The number of aliphatic imine (C=N–C) groups is 1. The van der Waals surface area contributed by atoms with Gasteiger partial charge in [-0.2, -0.15) is 0 Å². The summed E-state index contributed by atoms with van der Waals surface area (Å²) in [4.78, 5) is 9.51. The molecule has 0 amide bonds. The van der Waals surface area contributed by atoms with E-state index >= 15 is 0 Å². The fourth-order valence-electron chi connectivity index (χ4n) is 2.71. The molecule has 3 aromatic carbocycles. The van der Waals surface area contributed by atoms with Crippen LogP contribution in [-0.4, -0.2) is 17.5 Å². The number of nitrogen functional groups attached to an aromatic ring is 1. The van der Waals surface area contributed by atoms with Crippen LogP contribution < -0.4 is 10.6 Å². The molecule has 1 heterocycles. The van der Waals surface area contributed by atoms with Crippen LogP contribution in [0.3, 0.4) is 0 Å². The van der Waals surface area contributed by atoms with Crippen LogP contribution in [0.15, 0.2) is 93.6 Å². The van der Waals surface area contributed by atoms with Gasteiger partial charge >= 0.3 is 0 Å². The molecule has 1 aliphatic rings. The summed E-state index contributed by atoms with van der Waals surface area (Å²) < 4.78 is 0. The summed E-state index contributed by atoms with van der Waals surface area (Å²) in [6.45, 7) is 0.999. The van der Waals surface area contributed by atoms with Crippen LogP contribution in [-0.2, 0) is 0 Å². The van der Waals surface area contributed by atoms with Crippen molar-refractivity contribution in [2.45, 2.75) is 9.79 Å². The molecule has 3 aromatic rings. The number of hydrogen-bond donors (Lipinski definition) is 1. The summed E-state index contributed by atoms with van der Waals surface area (Å²) in [5.41, 5.74) is 8.71. The van der Waals surface area contributed by atoms with Crippen LogP contribution in [0.1, 0.15) is 0 Å². The van der Waals surface area contributed by atoms with Crippen LogP contribution in [0.25, 0.3) is 0 Å². The quantitative estimate of drug-likeness (QED) is 0.596. The molecule has 0 aliphatic carbocycles. The maximum atomic E-state index is 5.74. The van der Waals surface area contributed by atoms with Gasteiger partial charge in [-0.05, 0) is 60.7 Å². The summed E-state index contributed by atoms with van der Waals surface area (Å²) in [5.74, 6) is 1.07. The Bertz CT molecular complexity index is 891. The molecule has 130 valence electrons. The van der Waals surface area contributed by atoms with Gasteiger partial charge in [-0.3, -0.25) is 0 Å². The second-order valence-electron chi connectivity index (χ2n) is 5.90. The molecule has 0 aromatic heterocycles. The van der Waals surface area contributed by atoms with Gasteiger partial charge in [0.1, 0.15) is 0 Å². The zero-order chi connectivity index (χ0) is 17.8. The Kier molecular flexibility index (Phi) is 5.18. The lowest BCUT2D eigenvalue weighted by Gasteiger charge is -2.17. The predicted molar refractivity (Wildman–Crippen MR) is 115 cm³/mol. The highest BCUT2D eigenvalue weighted by Crippen LogP contribution is 2.31. The van der Waals surface area contributed by atoms with Crippen molar-refractivity contribution >= 4 is 45.8 Å². The second kappa shape index (κ2) is 7.89. The van der Waals surface area contributed by atoms with Crippen molar-refractivity contribution in [1.82, 2.24) is 0 Å². The standard InChI is InChI=1S/C21H19N3S2/c22-16-6-10-19(11-7-16)26-20-12-8-17(9-13-20)23-21-24(14-15-25-21)18-4-2-1-3-5-18/h1-13H,14-15,22H2/b23-21-. The van der Waals surface area contributed by atoms with E-state index in [9.17, 15) is 0 Å². The van der Waals surface area contributed by atoms with E-state index in [0.717, 1.165) is 28.8 Å². The van der Waals surface area contributed by atoms with Crippen molar-refractivity contribution in [3.63, 3.8) is 0 Å².